The van der Waals surface area contributed by atoms with Crippen LogP contribution in [-0.2, 0) is 9.47 Å². The van der Waals surface area contributed by atoms with E-state index in [0.717, 1.165) is 0 Å². The summed E-state index contributed by atoms with van der Waals surface area (Å²) in [5.41, 5.74) is 0.953. The maximum Gasteiger partial charge on any atom is 0.293 e. The molecule has 0 radical (unpaired) electrons. The smallest absolute Gasteiger partial charge is 0.293 e. The van der Waals surface area contributed by atoms with E-state index < -0.39 is 4.92 Å². The quantitative estimate of drug-likeness (QED) is 0.414. The van der Waals surface area contributed by atoms with Gasteiger partial charge in [0.25, 0.3) is 5.69 Å². The van der Waals surface area contributed by atoms with Crippen molar-refractivity contribution in [3.05, 3.63) is 27.3 Å². The number of anilines is 2. The number of rotatable bonds is 9. The lowest BCUT2D eigenvalue weighted by Crippen LogP contribution is -2.11. The first-order valence-corrected chi connectivity index (χ1v) is 6.41. The van der Waals surface area contributed by atoms with E-state index in [2.05, 4.69) is 10.6 Å². The van der Waals surface area contributed by atoms with Crippen LogP contribution < -0.4 is 10.6 Å². The maximum absolute atomic E-state index is 11.0. The summed E-state index contributed by atoms with van der Waals surface area (Å²) in [7, 11) is 3.16. The third-order valence-corrected chi connectivity index (χ3v) is 2.84. The molecule has 0 aliphatic carbocycles. The molecule has 0 heterocycles. The molecule has 0 saturated carbocycles. The minimum absolute atomic E-state index is 0.0663. The van der Waals surface area contributed by atoms with E-state index in [9.17, 15) is 10.1 Å². The van der Waals surface area contributed by atoms with Gasteiger partial charge in [-0.2, -0.15) is 0 Å². The number of hydrogen-bond acceptors (Lipinski definition) is 6. The summed E-state index contributed by atoms with van der Waals surface area (Å²) in [4.78, 5) is 10.5. The van der Waals surface area contributed by atoms with E-state index >= 15 is 0 Å². The Morgan fingerprint density at radius 2 is 1.70 bits per heavy atom. The Morgan fingerprint density at radius 1 is 1.15 bits per heavy atom. The maximum atomic E-state index is 11.0. The second-order valence-corrected chi connectivity index (χ2v) is 4.35. The summed E-state index contributed by atoms with van der Waals surface area (Å²) >= 11 is 6.03. The molecular formula is C12H18ClN3O4. The van der Waals surface area contributed by atoms with Crippen LogP contribution in [0.4, 0.5) is 17.1 Å². The predicted octanol–water partition coefficient (Wildman–Crippen LogP) is 2.36. The SMILES string of the molecule is COCCNc1cc(NCCOC)c([N+](=O)[O-])cc1Cl. The highest BCUT2D eigenvalue weighted by Crippen LogP contribution is 2.34. The summed E-state index contributed by atoms with van der Waals surface area (Å²) in [6, 6.07) is 2.94. The van der Waals surface area contributed by atoms with Crippen molar-refractivity contribution in [2.75, 3.05) is 51.2 Å². The van der Waals surface area contributed by atoms with Crippen LogP contribution in [-0.4, -0.2) is 45.4 Å². The highest BCUT2D eigenvalue weighted by Gasteiger charge is 2.17. The van der Waals surface area contributed by atoms with Gasteiger partial charge >= 0.3 is 0 Å². The zero-order chi connectivity index (χ0) is 15.0. The van der Waals surface area contributed by atoms with Crippen molar-refractivity contribution >= 4 is 28.7 Å². The first-order chi connectivity index (χ1) is 9.60. The van der Waals surface area contributed by atoms with Gasteiger partial charge in [0.2, 0.25) is 0 Å². The van der Waals surface area contributed by atoms with Gasteiger partial charge in [0, 0.05) is 33.4 Å². The average Bonchev–Trinajstić information content (AvgIpc) is 2.41. The Bertz CT molecular complexity index is 457. The van der Waals surface area contributed by atoms with Crippen LogP contribution in [0.25, 0.3) is 0 Å². The molecule has 0 aliphatic heterocycles. The standard InChI is InChI=1S/C12H18ClN3O4/c1-19-5-3-14-10-8-11(15-4-6-20-2)12(16(17)18)7-9(10)13/h7-8,14-15H,3-6H2,1-2H3. The van der Waals surface area contributed by atoms with Gasteiger partial charge < -0.3 is 20.1 Å². The Balaban J connectivity index is 2.91. The molecular weight excluding hydrogens is 286 g/mol. The lowest BCUT2D eigenvalue weighted by atomic mass is 10.2. The average molecular weight is 304 g/mol. The van der Waals surface area contributed by atoms with Gasteiger partial charge in [-0.25, -0.2) is 0 Å². The molecule has 0 amide bonds. The molecule has 0 bridgehead atoms. The fourth-order valence-corrected chi connectivity index (χ4v) is 1.79. The van der Waals surface area contributed by atoms with Crippen LogP contribution in [0.15, 0.2) is 12.1 Å². The lowest BCUT2D eigenvalue weighted by Gasteiger charge is -2.12. The third-order valence-electron chi connectivity index (χ3n) is 2.53. The minimum Gasteiger partial charge on any atom is -0.383 e. The van der Waals surface area contributed by atoms with E-state index in [1.165, 1.54) is 6.07 Å². The van der Waals surface area contributed by atoms with Gasteiger partial charge in [0.15, 0.2) is 0 Å². The Hall–Kier alpha value is -1.57. The fourth-order valence-electron chi connectivity index (χ4n) is 1.57. The number of nitrogens with one attached hydrogen (secondary N) is 2. The van der Waals surface area contributed by atoms with Crippen molar-refractivity contribution < 1.29 is 14.4 Å². The first kappa shape index (κ1) is 16.5. The van der Waals surface area contributed by atoms with Gasteiger partial charge in [-0.15, -0.1) is 0 Å². The Morgan fingerprint density at radius 3 is 2.20 bits per heavy atom. The third kappa shape index (κ3) is 4.84. The predicted molar refractivity (Wildman–Crippen MR) is 78.8 cm³/mol. The van der Waals surface area contributed by atoms with Crippen LogP contribution in [0.3, 0.4) is 0 Å². The van der Waals surface area contributed by atoms with Crippen molar-refractivity contribution in [3.63, 3.8) is 0 Å². The van der Waals surface area contributed by atoms with Crippen molar-refractivity contribution in [3.8, 4) is 0 Å². The number of halogens is 1. The highest BCUT2D eigenvalue weighted by molar-refractivity contribution is 6.33. The van der Waals surface area contributed by atoms with Gasteiger partial charge in [0.1, 0.15) is 5.69 Å². The molecule has 1 rings (SSSR count). The van der Waals surface area contributed by atoms with Crippen molar-refractivity contribution in [2.24, 2.45) is 0 Å². The molecule has 7 nitrogen and oxygen atoms in total. The molecule has 0 aliphatic rings. The molecule has 0 fully saturated rings. The zero-order valence-electron chi connectivity index (χ0n) is 11.4. The van der Waals surface area contributed by atoms with Crippen LogP contribution in [0.2, 0.25) is 5.02 Å². The van der Waals surface area contributed by atoms with Gasteiger partial charge in [0.05, 0.1) is 28.8 Å². The lowest BCUT2D eigenvalue weighted by molar-refractivity contribution is -0.383. The summed E-state index contributed by atoms with van der Waals surface area (Å²) in [5.74, 6) is 0. The highest BCUT2D eigenvalue weighted by atomic mass is 35.5. The molecule has 0 aromatic heterocycles. The second kappa shape index (κ2) is 8.57. The summed E-state index contributed by atoms with van der Waals surface area (Å²) in [6.45, 7) is 1.99. The zero-order valence-corrected chi connectivity index (χ0v) is 12.2. The van der Waals surface area contributed by atoms with Crippen molar-refractivity contribution in [1.29, 1.82) is 0 Å². The van der Waals surface area contributed by atoms with Crippen LogP contribution in [0.1, 0.15) is 0 Å². The largest absolute Gasteiger partial charge is 0.383 e. The van der Waals surface area contributed by atoms with Crippen LogP contribution in [0.5, 0.6) is 0 Å². The van der Waals surface area contributed by atoms with E-state index in [0.29, 0.717) is 42.7 Å². The molecule has 0 saturated heterocycles. The number of nitro benzene ring substituents is 1. The van der Waals surface area contributed by atoms with Gasteiger partial charge in [-0.1, -0.05) is 11.6 Å². The number of methoxy groups -OCH3 is 2. The van der Waals surface area contributed by atoms with Gasteiger partial charge in [-0.05, 0) is 6.07 Å². The summed E-state index contributed by atoms with van der Waals surface area (Å²) in [6.07, 6.45) is 0. The monoisotopic (exact) mass is 303 g/mol. The van der Waals surface area contributed by atoms with Crippen molar-refractivity contribution in [1.82, 2.24) is 0 Å². The van der Waals surface area contributed by atoms with E-state index in [4.69, 9.17) is 21.1 Å². The number of hydrogen-bond donors (Lipinski definition) is 2. The summed E-state index contributed by atoms with van der Waals surface area (Å²) in [5, 5.41) is 17.3. The molecule has 0 unspecified atom stereocenters. The van der Waals surface area contributed by atoms with Gasteiger partial charge in [-0.3, -0.25) is 10.1 Å². The molecule has 0 atom stereocenters. The molecule has 1 aromatic rings. The summed E-state index contributed by atoms with van der Waals surface area (Å²) < 4.78 is 9.84. The van der Waals surface area contributed by atoms with Crippen molar-refractivity contribution in [2.45, 2.75) is 0 Å². The Kier molecular flexibility index (Phi) is 7.06. The molecule has 2 N–H and O–H groups in total. The topological polar surface area (TPSA) is 85.7 Å². The molecule has 20 heavy (non-hydrogen) atoms. The van der Waals surface area contributed by atoms with Crippen LogP contribution in [0, 0.1) is 10.1 Å². The molecule has 1 aromatic carbocycles. The fraction of sp³-hybridized carbons (Fsp3) is 0.500. The van der Waals surface area contributed by atoms with E-state index in [1.807, 2.05) is 0 Å². The second-order valence-electron chi connectivity index (χ2n) is 3.95. The normalized spacial score (nSPS) is 10.3. The molecule has 112 valence electrons. The number of ether oxygens (including phenoxy) is 2. The minimum atomic E-state index is -0.472. The Labute approximate surface area is 122 Å². The number of benzene rings is 1. The first-order valence-electron chi connectivity index (χ1n) is 6.03. The van der Waals surface area contributed by atoms with E-state index in [1.54, 1.807) is 20.3 Å². The van der Waals surface area contributed by atoms with E-state index in [-0.39, 0.29) is 5.69 Å². The number of nitro groups is 1. The molecule has 8 heteroatoms. The number of nitrogens with zero attached hydrogens (tertiary/aromatic N) is 1. The van der Waals surface area contributed by atoms with Crippen LogP contribution >= 0.6 is 11.6 Å². The molecule has 0 spiro atoms.